The Bertz CT molecular complexity index is 1030. The van der Waals surface area contributed by atoms with Crippen molar-refractivity contribution in [3.8, 4) is 5.75 Å². The molecule has 2 N–H and O–H groups in total. The predicted molar refractivity (Wildman–Crippen MR) is 118 cm³/mol. The first-order valence-electron chi connectivity index (χ1n) is 8.85. The molecule has 5 nitrogen and oxygen atoms in total. The Morgan fingerprint density at radius 2 is 1.55 bits per heavy atom. The lowest BCUT2D eigenvalue weighted by Crippen LogP contribution is -2.31. The molecule has 2 amide bonds. The number of amides is 2. The van der Waals surface area contributed by atoms with Crippen molar-refractivity contribution in [1.29, 1.82) is 0 Å². The average Bonchev–Trinajstić information content (AvgIpc) is 2.74. The summed E-state index contributed by atoms with van der Waals surface area (Å²) >= 11 is 3.37. The van der Waals surface area contributed by atoms with Crippen LogP contribution in [-0.4, -0.2) is 18.9 Å². The Morgan fingerprint density at radius 1 is 0.897 bits per heavy atom. The lowest BCUT2D eigenvalue weighted by atomic mass is 10.1. The summed E-state index contributed by atoms with van der Waals surface area (Å²) in [6.07, 6.45) is 1.63. The second kappa shape index (κ2) is 9.71. The molecule has 0 radical (unpaired) electrons. The first-order chi connectivity index (χ1) is 14.1. The quantitative estimate of drug-likeness (QED) is 0.526. The maximum atomic E-state index is 12.9. The smallest absolute Gasteiger partial charge is 0.272 e. The highest BCUT2D eigenvalue weighted by atomic mass is 79.9. The third-order valence-electron chi connectivity index (χ3n) is 4.07. The van der Waals surface area contributed by atoms with E-state index < -0.39 is 5.91 Å². The van der Waals surface area contributed by atoms with Gasteiger partial charge in [0, 0.05) is 10.2 Å². The topological polar surface area (TPSA) is 67.4 Å². The van der Waals surface area contributed by atoms with Crippen molar-refractivity contribution in [2.24, 2.45) is 0 Å². The number of hydrogen-bond acceptors (Lipinski definition) is 3. The molecule has 3 rings (SSSR count). The van der Waals surface area contributed by atoms with Crippen molar-refractivity contribution >= 4 is 39.5 Å². The highest BCUT2D eigenvalue weighted by Crippen LogP contribution is 2.18. The third kappa shape index (κ3) is 5.56. The minimum Gasteiger partial charge on any atom is -0.497 e. The van der Waals surface area contributed by atoms with Gasteiger partial charge in [-0.05, 0) is 64.0 Å². The van der Waals surface area contributed by atoms with Gasteiger partial charge in [-0.25, -0.2) is 0 Å². The minimum absolute atomic E-state index is 0.132. The van der Waals surface area contributed by atoms with E-state index in [1.165, 1.54) is 0 Å². The van der Waals surface area contributed by atoms with Gasteiger partial charge < -0.3 is 15.4 Å². The molecule has 0 fully saturated rings. The lowest BCUT2D eigenvalue weighted by molar-refractivity contribution is -0.113. The molecule has 0 spiro atoms. The van der Waals surface area contributed by atoms with Crippen molar-refractivity contribution in [2.75, 3.05) is 12.4 Å². The van der Waals surface area contributed by atoms with Gasteiger partial charge in [-0.3, -0.25) is 9.59 Å². The molecule has 0 aliphatic heterocycles. The minimum atomic E-state index is -0.431. The normalized spacial score (nSPS) is 10.9. The number of rotatable bonds is 6. The maximum absolute atomic E-state index is 12.9. The number of benzene rings is 3. The third-order valence-corrected chi connectivity index (χ3v) is 4.76. The van der Waals surface area contributed by atoms with Gasteiger partial charge in [0.15, 0.2) is 0 Å². The van der Waals surface area contributed by atoms with Gasteiger partial charge in [-0.2, -0.15) is 0 Å². The molecule has 0 aliphatic carbocycles. The molecule has 3 aromatic carbocycles. The van der Waals surface area contributed by atoms with Crippen LogP contribution in [0.5, 0.6) is 5.75 Å². The number of anilines is 1. The molecule has 0 unspecified atom stereocenters. The summed E-state index contributed by atoms with van der Waals surface area (Å²) in [5.41, 5.74) is 1.95. The second-order valence-electron chi connectivity index (χ2n) is 6.09. The van der Waals surface area contributed by atoms with E-state index in [1.807, 2.05) is 36.4 Å². The lowest BCUT2D eigenvalue weighted by Gasteiger charge is -2.12. The molecule has 0 heterocycles. The number of carbonyl (C=O) groups is 2. The Balaban J connectivity index is 1.86. The predicted octanol–water partition coefficient (Wildman–Crippen LogP) is 4.87. The molecule has 146 valence electrons. The van der Waals surface area contributed by atoms with Crippen molar-refractivity contribution in [3.63, 3.8) is 0 Å². The first kappa shape index (κ1) is 20.4. The SMILES string of the molecule is COc1ccc(NC(=O)/C(=C\c2ccccc2)NC(=O)c2ccccc2Br)cc1. The van der Waals surface area contributed by atoms with Gasteiger partial charge in [-0.1, -0.05) is 42.5 Å². The molecule has 6 heteroatoms. The molecule has 0 saturated heterocycles. The van der Waals surface area contributed by atoms with Crippen molar-refractivity contribution in [2.45, 2.75) is 0 Å². The zero-order chi connectivity index (χ0) is 20.6. The number of halogens is 1. The fraction of sp³-hybridized carbons (Fsp3) is 0.0435. The Kier molecular flexibility index (Phi) is 6.81. The van der Waals surface area contributed by atoms with Gasteiger partial charge >= 0.3 is 0 Å². The summed E-state index contributed by atoms with van der Waals surface area (Å²) in [6.45, 7) is 0. The van der Waals surface area contributed by atoms with Gasteiger partial charge in [0.2, 0.25) is 0 Å². The van der Waals surface area contributed by atoms with Crippen LogP contribution in [0.3, 0.4) is 0 Å². The number of methoxy groups -OCH3 is 1. The summed E-state index contributed by atoms with van der Waals surface area (Å²) in [6, 6.07) is 23.3. The summed E-state index contributed by atoms with van der Waals surface area (Å²) in [4.78, 5) is 25.6. The van der Waals surface area contributed by atoms with Crippen LogP contribution in [0.15, 0.2) is 89.0 Å². The van der Waals surface area contributed by atoms with Crippen LogP contribution < -0.4 is 15.4 Å². The van der Waals surface area contributed by atoms with Crippen molar-refractivity contribution in [1.82, 2.24) is 5.32 Å². The van der Waals surface area contributed by atoms with E-state index in [0.29, 0.717) is 21.5 Å². The molecule has 0 saturated carbocycles. The number of ether oxygens (including phenoxy) is 1. The Morgan fingerprint density at radius 3 is 2.21 bits per heavy atom. The van der Waals surface area contributed by atoms with Gasteiger partial charge in [0.25, 0.3) is 11.8 Å². The zero-order valence-electron chi connectivity index (χ0n) is 15.7. The van der Waals surface area contributed by atoms with Crippen LogP contribution in [0, 0.1) is 0 Å². The monoisotopic (exact) mass is 450 g/mol. The number of hydrogen-bond donors (Lipinski definition) is 2. The molecule has 0 bridgehead atoms. The zero-order valence-corrected chi connectivity index (χ0v) is 17.3. The van der Waals surface area contributed by atoms with Crippen LogP contribution in [0.25, 0.3) is 6.08 Å². The van der Waals surface area contributed by atoms with E-state index in [4.69, 9.17) is 4.74 Å². The summed E-state index contributed by atoms with van der Waals surface area (Å²) in [5, 5.41) is 5.52. The van der Waals surface area contributed by atoms with Gasteiger partial charge in [0.05, 0.1) is 12.7 Å². The van der Waals surface area contributed by atoms with E-state index >= 15 is 0 Å². The highest BCUT2D eigenvalue weighted by Gasteiger charge is 2.16. The van der Waals surface area contributed by atoms with Gasteiger partial charge in [0.1, 0.15) is 11.4 Å². The van der Waals surface area contributed by atoms with E-state index in [-0.39, 0.29) is 11.6 Å². The van der Waals surface area contributed by atoms with Crippen LogP contribution in [0.2, 0.25) is 0 Å². The van der Waals surface area contributed by atoms with E-state index in [0.717, 1.165) is 5.56 Å². The summed E-state index contributed by atoms with van der Waals surface area (Å²) in [5.74, 6) is -0.130. The molecular formula is C23H19BrN2O3. The van der Waals surface area contributed by atoms with E-state index in [1.54, 1.807) is 55.7 Å². The summed E-state index contributed by atoms with van der Waals surface area (Å²) in [7, 11) is 1.57. The van der Waals surface area contributed by atoms with Gasteiger partial charge in [-0.15, -0.1) is 0 Å². The molecule has 0 aliphatic rings. The molecule has 3 aromatic rings. The average molecular weight is 451 g/mol. The fourth-order valence-electron chi connectivity index (χ4n) is 2.58. The van der Waals surface area contributed by atoms with Crippen LogP contribution in [-0.2, 0) is 4.79 Å². The summed E-state index contributed by atoms with van der Waals surface area (Å²) < 4.78 is 5.77. The molecular weight excluding hydrogens is 432 g/mol. The number of carbonyl (C=O) groups excluding carboxylic acids is 2. The maximum Gasteiger partial charge on any atom is 0.272 e. The largest absolute Gasteiger partial charge is 0.497 e. The van der Waals surface area contributed by atoms with E-state index in [9.17, 15) is 9.59 Å². The van der Waals surface area contributed by atoms with Crippen LogP contribution in [0.4, 0.5) is 5.69 Å². The Labute approximate surface area is 177 Å². The molecule has 29 heavy (non-hydrogen) atoms. The van der Waals surface area contributed by atoms with Crippen molar-refractivity contribution in [3.05, 3.63) is 100 Å². The Hall–Kier alpha value is -3.38. The molecule has 0 aromatic heterocycles. The fourth-order valence-corrected chi connectivity index (χ4v) is 3.05. The van der Waals surface area contributed by atoms with Crippen LogP contribution in [0.1, 0.15) is 15.9 Å². The second-order valence-corrected chi connectivity index (χ2v) is 6.94. The highest BCUT2D eigenvalue weighted by molar-refractivity contribution is 9.10. The molecule has 0 atom stereocenters. The van der Waals surface area contributed by atoms with Crippen molar-refractivity contribution < 1.29 is 14.3 Å². The standard InChI is InChI=1S/C23H19BrN2O3/c1-29-18-13-11-17(12-14-18)25-23(28)21(15-16-7-3-2-4-8-16)26-22(27)19-9-5-6-10-20(19)24/h2-15H,1H3,(H,25,28)(H,26,27)/b21-15+. The van der Waals surface area contributed by atoms with Crippen LogP contribution >= 0.6 is 15.9 Å². The van der Waals surface area contributed by atoms with E-state index in [2.05, 4.69) is 26.6 Å². The number of nitrogens with one attached hydrogen (secondary N) is 2. The first-order valence-corrected chi connectivity index (χ1v) is 9.64.